The maximum Gasteiger partial charge on any atom is 0.293 e. The molecule has 0 atom stereocenters. The zero-order chi connectivity index (χ0) is 12.1. The van der Waals surface area contributed by atoms with Crippen LogP contribution in [0.3, 0.4) is 0 Å². The molecule has 0 bridgehead atoms. The van der Waals surface area contributed by atoms with Gasteiger partial charge >= 0.3 is 0 Å². The highest BCUT2D eigenvalue weighted by Gasteiger charge is 2.01. The van der Waals surface area contributed by atoms with Crippen molar-refractivity contribution in [3.8, 4) is 11.3 Å². The summed E-state index contributed by atoms with van der Waals surface area (Å²) in [6, 6.07) is 11.1. The van der Waals surface area contributed by atoms with Gasteiger partial charge < -0.3 is 4.74 Å². The van der Waals surface area contributed by atoms with Gasteiger partial charge in [0.25, 0.3) is 6.47 Å². The maximum atomic E-state index is 10.1. The number of ether oxygens (including phenoxy) is 1. The molecule has 2 aromatic rings. The zero-order valence-electron chi connectivity index (χ0n) is 8.97. The van der Waals surface area contributed by atoms with Crippen LogP contribution in [-0.4, -0.2) is 11.5 Å². The Kier molecular flexibility index (Phi) is 3.73. The number of carbonyl (C=O) groups excluding carboxylic acids is 1. The third kappa shape index (κ3) is 3.04. The van der Waals surface area contributed by atoms with E-state index in [1.54, 1.807) is 12.3 Å². The van der Waals surface area contributed by atoms with E-state index in [4.69, 9.17) is 16.3 Å². The smallest absolute Gasteiger partial charge is 0.293 e. The molecule has 86 valence electrons. The van der Waals surface area contributed by atoms with Crippen molar-refractivity contribution in [2.75, 3.05) is 0 Å². The van der Waals surface area contributed by atoms with Gasteiger partial charge in [-0.3, -0.25) is 9.78 Å². The molecular formula is C13H10ClNO2. The van der Waals surface area contributed by atoms with Crippen LogP contribution >= 0.6 is 11.6 Å². The number of aromatic nitrogens is 1. The second-order valence-electron chi connectivity index (χ2n) is 3.47. The minimum atomic E-state index is 0.250. The van der Waals surface area contributed by atoms with Crippen LogP contribution in [0.5, 0.6) is 0 Å². The van der Waals surface area contributed by atoms with Crippen LogP contribution in [0.15, 0.2) is 42.6 Å². The van der Waals surface area contributed by atoms with Crippen LogP contribution < -0.4 is 0 Å². The summed E-state index contributed by atoms with van der Waals surface area (Å²) in [7, 11) is 0. The molecule has 1 aromatic heterocycles. The molecule has 1 heterocycles. The zero-order valence-corrected chi connectivity index (χ0v) is 9.72. The fraction of sp³-hybridized carbons (Fsp3) is 0.0769. The Hall–Kier alpha value is -1.87. The van der Waals surface area contributed by atoms with E-state index >= 15 is 0 Å². The Morgan fingerprint density at radius 1 is 1.29 bits per heavy atom. The first kappa shape index (κ1) is 11.6. The molecule has 0 radical (unpaired) electrons. The van der Waals surface area contributed by atoms with E-state index in [2.05, 4.69) is 4.98 Å². The Balaban J connectivity index is 2.29. The molecule has 0 amide bonds. The minimum Gasteiger partial charge on any atom is -0.463 e. The number of carbonyl (C=O) groups is 1. The molecule has 0 aliphatic heterocycles. The van der Waals surface area contributed by atoms with Crippen LogP contribution in [0, 0.1) is 0 Å². The number of benzene rings is 1. The molecule has 0 saturated heterocycles. The molecule has 1 aromatic carbocycles. The van der Waals surface area contributed by atoms with E-state index in [9.17, 15) is 4.79 Å². The Labute approximate surface area is 104 Å². The van der Waals surface area contributed by atoms with Crippen molar-refractivity contribution < 1.29 is 9.53 Å². The van der Waals surface area contributed by atoms with Crippen molar-refractivity contribution in [1.29, 1.82) is 0 Å². The molecule has 0 aliphatic rings. The Morgan fingerprint density at radius 2 is 2.18 bits per heavy atom. The lowest BCUT2D eigenvalue weighted by Crippen LogP contribution is -1.92. The van der Waals surface area contributed by atoms with E-state index in [-0.39, 0.29) is 6.61 Å². The maximum absolute atomic E-state index is 10.1. The standard InChI is InChI=1S/C13H10ClNO2/c14-12-3-1-2-11(7-12)13-6-10(4-5-15-13)8-17-9-16/h1-7,9H,8H2. The number of hydrogen-bond donors (Lipinski definition) is 0. The number of rotatable bonds is 4. The summed E-state index contributed by atoms with van der Waals surface area (Å²) in [4.78, 5) is 14.4. The fourth-order valence-corrected chi connectivity index (χ4v) is 1.69. The molecule has 0 saturated carbocycles. The van der Waals surface area contributed by atoms with Gasteiger partial charge in [-0.25, -0.2) is 0 Å². The molecule has 0 N–H and O–H groups in total. The van der Waals surface area contributed by atoms with Crippen molar-refractivity contribution in [1.82, 2.24) is 4.98 Å². The SMILES string of the molecule is O=COCc1ccnc(-c2cccc(Cl)c2)c1. The highest BCUT2D eigenvalue weighted by Crippen LogP contribution is 2.21. The first-order valence-electron chi connectivity index (χ1n) is 5.06. The first-order valence-corrected chi connectivity index (χ1v) is 5.43. The summed E-state index contributed by atoms with van der Waals surface area (Å²) < 4.78 is 4.70. The molecule has 2 rings (SSSR count). The minimum absolute atomic E-state index is 0.250. The van der Waals surface area contributed by atoms with E-state index in [1.165, 1.54) is 0 Å². The topological polar surface area (TPSA) is 39.2 Å². The Morgan fingerprint density at radius 3 is 2.94 bits per heavy atom. The normalized spacial score (nSPS) is 9.94. The first-order chi connectivity index (χ1) is 8.29. The summed E-state index contributed by atoms with van der Waals surface area (Å²) in [5.74, 6) is 0. The molecule has 4 heteroatoms. The van der Waals surface area contributed by atoms with Crippen LogP contribution in [-0.2, 0) is 16.1 Å². The lowest BCUT2D eigenvalue weighted by molar-refractivity contribution is -0.129. The van der Waals surface area contributed by atoms with Gasteiger partial charge in [-0.05, 0) is 29.8 Å². The molecular weight excluding hydrogens is 238 g/mol. The van der Waals surface area contributed by atoms with Crippen LogP contribution in [0.1, 0.15) is 5.56 Å². The largest absolute Gasteiger partial charge is 0.463 e. The van der Waals surface area contributed by atoms with Gasteiger partial charge in [0.2, 0.25) is 0 Å². The quantitative estimate of drug-likeness (QED) is 0.780. The predicted molar refractivity (Wildman–Crippen MR) is 65.5 cm³/mol. The van der Waals surface area contributed by atoms with Gasteiger partial charge in [-0.1, -0.05) is 23.7 Å². The molecule has 0 fully saturated rings. The lowest BCUT2D eigenvalue weighted by atomic mass is 10.1. The van der Waals surface area contributed by atoms with Crippen LogP contribution in [0.2, 0.25) is 5.02 Å². The van der Waals surface area contributed by atoms with Crippen molar-refractivity contribution >= 4 is 18.1 Å². The number of halogens is 1. The lowest BCUT2D eigenvalue weighted by Gasteiger charge is -2.04. The van der Waals surface area contributed by atoms with Crippen molar-refractivity contribution in [3.63, 3.8) is 0 Å². The predicted octanol–water partition coefficient (Wildman–Crippen LogP) is 3.08. The average Bonchev–Trinajstić information content (AvgIpc) is 2.37. The van der Waals surface area contributed by atoms with E-state index in [0.29, 0.717) is 11.5 Å². The van der Waals surface area contributed by atoms with Crippen molar-refractivity contribution in [3.05, 3.63) is 53.2 Å². The average molecular weight is 248 g/mol. The highest BCUT2D eigenvalue weighted by molar-refractivity contribution is 6.30. The summed E-state index contributed by atoms with van der Waals surface area (Å²) in [5, 5.41) is 0.666. The van der Waals surface area contributed by atoms with Gasteiger partial charge in [0.05, 0.1) is 5.69 Å². The number of hydrogen-bond acceptors (Lipinski definition) is 3. The van der Waals surface area contributed by atoms with Gasteiger partial charge in [-0.2, -0.15) is 0 Å². The number of nitrogens with zero attached hydrogens (tertiary/aromatic N) is 1. The molecule has 0 aliphatic carbocycles. The second-order valence-corrected chi connectivity index (χ2v) is 3.90. The monoisotopic (exact) mass is 247 g/mol. The van der Waals surface area contributed by atoms with Crippen molar-refractivity contribution in [2.45, 2.75) is 6.61 Å². The summed E-state index contributed by atoms with van der Waals surface area (Å²) in [5.41, 5.74) is 2.63. The number of pyridine rings is 1. The summed E-state index contributed by atoms with van der Waals surface area (Å²) in [6.45, 7) is 0.680. The van der Waals surface area contributed by atoms with Crippen LogP contribution in [0.25, 0.3) is 11.3 Å². The van der Waals surface area contributed by atoms with E-state index in [1.807, 2.05) is 30.3 Å². The molecule has 0 spiro atoms. The molecule has 17 heavy (non-hydrogen) atoms. The van der Waals surface area contributed by atoms with Gasteiger partial charge in [-0.15, -0.1) is 0 Å². The third-order valence-electron chi connectivity index (χ3n) is 2.26. The van der Waals surface area contributed by atoms with Gasteiger partial charge in [0.1, 0.15) is 6.61 Å². The van der Waals surface area contributed by atoms with Crippen LogP contribution in [0.4, 0.5) is 0 Å². The van der Waals surface area contributed by atoms with E-state index < -0.39 is 0 Å². The fourth-order valence-electron chi connectivity index (χ4n) is 1.50. The van der Waals surface area contributed by atoms with Gasteiger partial charge in [0, 0.05) is 16.8 Å². The summed E-state index contributed by atoms with van der Waals surface area (Å²) >= 11 is 5.92. The van der Waals surface area contributed by atoms with E-state index in [0.717, 1.165) is 16.8 Å². The second kappa shape index (κ2) is 5.46. The summed E-state index contributed by atoms with van der Waals surface area (Å²) in [6.07, 6.45) is 1.68. The molecule has 3 nitrogen and oxygen atoms in total. The van der Waals surface area contributed by atoms with Crippen molar-refractivity contribution in [2.24, 2.45) is 0 Å². The third-order valence-corrected chi connectivity index (χ3v) is 2.50. The molecule has 0 unspecified atom stereocenters. The Bertz CT molecular complexity index is 528. The highest BCUT2D eigenvalue weighted by atomic mass is 35.5. The van der Waals surface area contributed by atoms with Gasteiger partial charge in [0.15, 0.2) is 0 Å².